The van der Waals surface area contributed by atoms with Gasteiger partial charge in [0.2, 0.25) is 0 Å². The second-order valence-corrected chi connectivity index (χ2v) is 6.68. The Bertz CT molecular complexity index is 979. The van der Waals surface area contributed by atoms with Crippen LogP contribution >= 0.6 is 11.8 Å². The van der Waals surface area contributed by atoms with Crippen LogP contribution in [0.25, 0.3) is 6.08 Å². The third-order valence-corrected chi connectivity index (χ3v) is 4.48. The lowest BCUT2D eigenvalue weighted by Crippen LogP contribution is -2.19. The first kappa shape index (κ1) is 20.0. The van der Waals surface area contributed by atoms with Gasteiger partial charge in [0, 0.05) is 0 Å². The predicted molar refractivity (Wildman–Crippen MR) is 93.7 cm³/mol. The van der Waals surface area contributed by atoms with Gasteiger partial charge in [-0.25, -0.2) is 4.99 Å². The van der Waals surface area contributed by atoms with Gasteiger partial charge in [0.25, 0.3) is 5.91 Å². The van der Waals surface area contributed by atoms with Gasteiger partial charge in [-0.05, 0) is 53.7 Å². The van der Waals surface area contributed by atoms with Gasteiger partial charge in [0.15, 0.2) is 5.17 Å². The molecule has 0 spiro atoms. The number of amides is 1. The van der Waals surface area contributed by atoms with Gasteiger partial charge >= 0.3 is 12.4 Å². The number of alkyl halides is 6. The molecule has 1 aliphatic heterocycles. The number of nitrogens with zero attached hydrogens (tertiary/aromatic N) is 1. The van der Waals surface area contributed by atoms with E-state index in [4.69, 9.17) is 0 Å². The lowest BCUT2D eigenvalue weighted by atomic mass is 10.1. The number of hydrogen-bond acceptors (Lipinski definition) is 3. The first-order valence-electron chi connectivity index (χ1n) is 7.66. The van der Waals surface area contributed by atoms with Crippen LogP contribution in [0.4, 0.5) is 32.0 Å². The van der Waals surface area contributed by atoms with Crippen LogP contribution in [0, 0.1) is 0 Å². The van der Waals surface area contributed by atoms with Crippen LogP contribution in [0.1, 0.15) is 16.7 Å². The maximum Gasteiger partial charge on any atom is 0.416 e. The lowest BCUT2D eigenvalue weighted by Gasteiger charge is -2.06. The van der Waals surface area contributed by atoms with Crippen molar-refractivity contribution in [1.29, 1.82) is 0 Å². The normalized spacial score (nSPS) is 18.0. The van der Waals surface area contributed by atoms with Crippen molar-refractivity contribution in [3.8, 4) is 0 Å². The van der Waals surface area contributed by atoms with E-state index in [-0.39, 0.29) is 21.3 Å². The first-order chi connectivity index (χ1) is 13.0. The molecule has 2 aromatic rings. The fraction of sp³-hybridized carbons (Fsp3) is 0.111. The number of hydrogen-bond donors (Lipinski definition) is 1. The molecule has 0 saturated carbocycles. The van der Waals surface area contributed by atoms with E-state index in [1.54, 1.807) is 0 Å². The number of rotatable bonds is 2. The SMILES string of the molecule is O=C1NC(=Nc2cccc(C(F)(F)F)c2)SC1=Cc1cccc(C(F)(F)F)c1. The minimum Gasteiger partial charge on any atom is -0.300 e. The van der Waals surface area contributed by atoms with Gasteiger partial charge in [-0.15, -0.1) is 0 Å². The number of aliphatic imine (C=N–C) groups is 1. The standard InChI is InChI=1S/C18H10F6N2OS/c19-17(20,21)11-4-1-3-10(7-11)8-14-15(27)26-16(28-14)25-13-6-2-5-12(9-13)18(22,23)24/h1-9H,(H,25,26,27). The minimum absolute atomic E-state index is 0.0158. The third kappa shape index (κ3) is 4.75. The molecular weight excluding hydrogens is 406 g/mol. The number of carbonyl (C=O) groups excluding carboxylic acids is 1. The van der Waals surface area contributed by atoms with Crippen LogP contribution in [0.5, 0.6) is 0 Å². The quantitative estimate of drug-likeness (QED) is 0.510. The van der Waals surface area contributed by atoms with Gasteiger partial charge in [-0.3, -0.25) is 4.79 Å². The molecule has 28 heavy (non-hydrogen) atoms. The van der Waals surface area contributed by atoms with Crippen molar-refractivity contribution in [1.82, 2.24) is 5.32 Å². The second-order valence-electron chi connectivity index (χ2n) is 5.65. The zero-order valence-electron chi connectivity index (χ0n) is 13.7. The predicted octanol–water partition coefficient (Wildman–Crippen LogP) is 5.62. The van der Waals surface area contributed by atoms with Crippen molar-refractivity contribution in [2.75, 3.05) is 0 Å². The van der Waals surface area contributed by atoms with Gasteiger partial charge < -0.3 is 5.32 Å². The summed E-state index contributed by atoms with van der Waals surface area (Å²) in [5, 5.41) is 2.41. The van der Waals surface area contributed by atoms with Crippen molar-refractivity contribution >= 4 is 34.6 Å². The van der Waals surface area contributed by atoms with E-state index < -0.39 is 29.4 Å². The van der Waals surface area contributed by atoms with Crippen molar-refractivity contribution in [2.45, 2.75) is 12.4 Å². The summed E-state index contributed by atoms with van der Waals surface area (Å²) in [6, 6.07) is 8.65. The molecule has 3 nitrogen and oxygen atoms in total. The average molecular weight is 416 g/mol. The minimum atomic E-state index is -4.53. The van der Waals surface area contributed by atoms with Crippen molar-refractivity contribution in [3.63, 3.8) is 0 Å². The summed E-state index contributed by atoms with van der Waals surface area (Å²) in [4.78, 5) is 16.0. The molecule has 1 N–H and O–H groups in total. The van der Waals surface area contributed by atoms with Crippen molar-refractivity contribution in [3.05, 3.63) is 70.1 Å². The molecule has 0 radical (unpaired) electrons. The van der Waals surface area contributed by atoms with E-state index in [1.807, 2.05) is 0 Å². The van der Waals surface area contributed by atoms with Gasteiger partial charge in [-0.1, -0.05) is 18.2 Å². The summed E-state index contributed by atoms with van der Waals surface area (Å²) in [6.07, 6.45) is -7.80. The number of amidine groups is 1. The van der Waals surface area contributed by atoms with Crippen molar-refractivity contribution in [2.24, 2.45) is 4.99 Å². The van der Waals surface area contributed by atoms with Crippen LogP contribution in [0.15, 0.2) is 58.4 Å². The summed E-state index contributed by atoms with van der Waals surface area (Å²) in [6.45, 7) is 0. The Labute approximate surface area is 159 Å². The number of benzene rings is 2. The smallest absolute Gasteiger partial charge is 0.300 e. The molecule has 0 atom stereocenters. The van der Waals surface area contributed by atoms with E-state index in [1.165, 1.54) is 30.3 Å². The molecule has 1 fully saturated rings. The van der Waals surface area contributed by atoms with Gasteiger partial charge in [0.1, 0.15) is 0 Å². The fourth-order valence-corrected chi connectivity index (χ4v) is 3.15. The monoisotopic (exact) mass is 416 g/mol. The van der Waals surface area contributed by atoms with E-state index in [0.29, 0.717) is 0 Å². The second kappa shape index (κ2) is 7.34. The zero-order chi connectivity index (χ0) is 20.5. The topological polar surface area (TPSA) is 41.5 Å². The highest BCUT2D eigenvalue weighted by atomic mass is 32.2. The molecule has 1 amide bonds. The summed E-state index contributed by atoms with van der Waals surface area (Å²) in [5.41, 5.74) is -1.60. The largest absolute Gasteiger partial charge is 0.416 e. The van der Waals surface area contributed by atoms with Gasteiger partial charge in [-0.2, -0.15) is 26.3 Å². The molecular formula is C18H10F6N2OS. The number of thioether (sulfide) groups is 1. The van der Waals surface area contributed by atoms with E-state index in [9.17, 15) is 31.1 Å². The average Bonchev–Trinajstić information content (AvgIpc) is 2.93. The summed E-state index contributed by atoms with van der Waals surface area (Å²) < 4.78 is 76.6. The summed E-state index contributed by atoms with van der Waals surface area (Å²) in [7, 11) is 0. The maximum atomic E-state index is 12.8. The molecule has 146 valence electrons. The zero-order valence-corrected chi connectivity index (χ0v) is 14.5. The van der Waals surface area contributed by atoms with Crippen LogP contribution < -0.4 is 5.32 Å². The van der Waals surface area contributed by atoms with E-state index in [0.717, 1.165) is 36.0 Å². The molecule has 1 saturated heterocycles. The Hall–Kier alpha value is -2.75. The molecule has 1 aliphatic rings. The van der Waals surface area contributed by atoms with Crippen molar-refractivity contribution < 1.29 is 31.1 Å². The Kier molecular flexibility index (Phi) is 5.24. The number of carbonyl (C=O) groups is 1. The summed E-state index contributed by atoms with van der Waals surface area (Å²) in [5.74, 6) is -0.604. The van der Waals surface area contributed by atoms with Gasteiger partial charge in [0.05, 0.1) is 21.7 Å². The Balaban J connectivity index is 1.84. The van der Waals surface area contributed by atoms with Crippen LogP contribution in [-0.4, -0.2) is 11.1 Å². The molecule has 2 aromatic carbocycles. The fourth-order valence-electron chi connectivity index (χ4n) is 2.31. The Morgan fingerprint density at radius 2 is 1.50 bits per heavy atom. The molecule has 3 rings (SSSR count). The molecule has 0 aliphatic carbocycles. The third-order valence-electron chi connectivity index (χ3n) is 3.57. The number of halogens is 6. The lowest BCUT2D eigenvalue weighted by molar-refractivity contribution is -0.138. The molecule has 10 heteroatoms. The highest BCUT2D eigenvalue weighted by molar-refractivity contribution is 8.18. The van der Waals surface area contributed by atoms with Crippen LogP contribution in [0.3, 0.4) is 0 Å². The maximum absolute atomic E-state index is 12.8. The number of nitrogens with one attached hydrogen (secondary N) is 1. The first-order valence-corrected chi connectivity index (χ1v) is 8.48. The highest BCUT2D eigenvalue weighted by Gasteiger charge is 2.31. The van der Waals surface area contributed by atoms with E-state index in [2.05, 4.69) is 10.3 Å². The Morgan fingerprint density at radius 3 is 2.14 bits per heavy atom. The molecule has 0 bridgehead atoms. The Morgan fingerprint density at radius 1 is 0.893 bits per heavy atom. The highest BCUT2D eigenvalue weighted by Crippen LogP contribution is 2.34. The molecule has 0 aromatic heterocycles. The summed E-state index contributed by atoms with van der Waals surface area (Å²) >= 11 is 0.823. The molecule has 0 unspecified atom stereocenters. The van der Waals surface area contributed by atoms with E-state index >= 15 is 0 Å². The van der Waals surface area contributed by atoms with Crippen LogP contribution in [0.2, 0.25) is 0 Å². The van der Waals surface area contributed by atoms with Crippen LogP contribution in [-0.2, 0) is 17.1 Å². The molecule has 1 heterocycles.